The molecule has 2 aromatic heterocycles. The topological polar surface area (TPSA) is 67.3 Å². The fourth-order valence-electron chi connectivity index (χ4n) is 4.05. The van der Waals surface area contributed by atoms with E-state index in [1.54, 1.807) is 18.4 Å². The molecule has 1 N–H and O–H groups in total. The van der Waals surface area contributed by atoms with Crippen molar-refractivity contribution >= 4 is 22.9 Å². The van der Waals surface area contributed by atoms with Gasteiger partial charge in [-0.25, -0.2) is 4.39 Å². The van der Waals surface area contributed by atoms with E-state index in [1.807, 2.05) is 36.1 Å². The molecule has 0 spiro atoms. The first-order valence-electron chi connectivity index (χ1n) is 11.0. The predicted octanol–water partition coefficient (Wildman–Crippen LogP) is 5.89. The molecule has 5 rings (SSSR count). The molecule has 0 saturated heterocycles. The lowest BCUT2D eigenvalue weighted by Gasteiger charge is -2.37. The third-order valence-electron chi connectivity index (χ3n) is 5.97. The summed E-state index contributed by atoms with van der Waals surface area (Å²) in [5, 5.41) is 8.13. The van der Waals surface area contributed by atoms with Crippen LogP contribution in [0.2, 0.25) is 0 Å². The van der Waals surface area contributed by atoms with Crippen LogP contribution in [-0.2, 0) is 13.0 Å². The minimum Gasteiger partial charge on any atom is -0.467 e. The van der Waals surface area contributed by atoms with Gasteiger partial charge < -0.3 is 19.2 Å². The number of halogens is 1. The van der Waals surface area contributed by atoms with Crippen molar-refractivity contribution in [2.24, 2.45) is 0 Å². The Morgan fingerprint density at radius 1 is 1.09 bits per heavy atom. The fraction of sp³-hybridized carbons (Fsp3) is 0.192. The smallest absolute Gasteiger partial charge is 0.258 e. The highest BCUT2D eigenvalue weighted by Crippen LogP contribution is 2.38. The molecule has 0 radical (unpaired) electrons. The van der Waals surface area contributed by atoms with Gasteiger partial charge in [-0.05, 0) is 61.0 Å². The van der Waals surface area contributed by atoms with Crippen molar-refractivity contribution in [1.82, 2.24) is 20.4 Å². The van der Waals surface area contributed by atoms with Crippen LogP contribution in [0.3, 0.4) is 0 Å². The molecule has 1 unspecified atom stereocenters. The molecular formula is C26H23FN4O2S. The molecule has 1 aliphatic rings. The molecule has 0 bridgehead atoms. The van der Waals surface area contributed by atoms with Crippen LogP contribution < -0.4 is 5.32 Å². The zero-order valence-corrected chi connectivity index (χ0v) is 19.6. The van der Waals surface area contributed by atoms with Crippen LogP contribution in [0, 0.1) is 5.82 Å². The molecule has 0 fully saturated rings. The zero-order chi connectivity index (χ0) is 23.7. The van der Waals surface area contributed by atoms with Crippen molar-refractivity contribution in [3.8, 4) is 11.4 Å². The highest BCUT2D eigenvalue weighted by Gasteiger charge is 2.34. The lowest BCUT2D eigenvalue weighted by Crippen LogP contribution is -2.45. The molecule has 8 heteroatoms. The molecule has 1 atom stereocenters. The largest absolute Gasteiger partial charge is 0.467 e. The van der Waals surface area contributed by atoms with Gasteiger partial charge in [-0.2, -0.15) is 4.98 Å². The molecular weight excluding hydrogens is 451 g/mol. The normalized spacial score (nSPS) is 16.1. The van der Waals surface area contributed by atoms with Crippen LogP contribution in [0.5, 0.6) is 0 Å². The van der Waals surface area contributed by atoms with Crippen LogP contribution in [0.1, 0.15) is 42.7 Å². The van der Waals surface area contributed by atoms with Crippen molar-refractivity contribution in [2.75, 3.05) is 0 Å². The predicted molar refractivity (Wildman–Crippen MR) is 131 cm³/mol. The molecule has 6 nitrogen and oxygen atoms in total. The van der Waals surface area contributed by atoms with Gasteiger partial charge in [0, 0.05) is 11.3 Å². The van der Waals surface area contributed by atoms with Crippen LogP contribution in [0.4, 0.5) is 4.39 Å². The van der Waals surface area contributed by atoms with Crippen LogP contribution in [0.25, 0.3) is 17.0 Å². The maximum Gasteiger partial charge on any atom is 0.258 e. The van der Waals surface area contributed by atoms with E-state index in [9.17, 15) is 4.39 Å². The van der Waals surface area contributed by atoms with Gasteiger partial charge in [0.05, 0.1) is 24.4 Å². The number of allylic oxidation sites excluding steroid dienone is 1. The van der Waals surface area contributed by atoms with E-state index < -0.39 is 0 Å². The quantitative estimate of drug-likeness (QED) is 0.349. The third-order valence-corrected chi connectivity index (χ3v) is 6.31. The summed E-state index contributed by atoms with van der Waals surface area (Å²) in [5.74, 6) is 1.34. The van der Waals surface area contributed by atoms with Crippen molar-refractivity contribution in [3.63, 3.8) is 0 Å². The number of aryl methyl sites for hydroxylation is 1. The molecule has 34 heavy (non-hydrogen) atoms. The van der Waals surface area contributed by atoms with E-state index in [0.717, 1.165) is 34.6 Å². The van der Waals surface area contributed by atoms with Gasteiger partial charge >= 0.3 is 0 Å². The Kier molecular flexibility index (Phi) is 5.98. The minimum atomic E-state index is -0.378. The van der Waals surface area contributed by atoms with Crippen molar-refractivity contribution in [3.05, 3.63) is 101 Å². The number of nitrogens with one attached hydrogen (secondary N) is 1. The first kappa shape index (κ1) is 22.0. The number of hydrogen-bond acceptors (Lipinski definition) is 5. The fourth-order valence-corrected chi connectivity index (χ4v) is 4.37. The Morgan fingerprint density at radius 3 is 2.53 bits per heavy atom. The molecule has 3 heterocycles. The maximum atomic E-state index is 13.6. The Hall–Kier alpha value is -3.78. The lowest BCUT2D eigenvalue weighted by molar-refractivity contribution is 0.382. The number of benzene rings is 2. The summed E-state index contributed by atoms with van der Waals surface area (Å²) in [4.78, 5) is 6.65. The summed E-state index contributed by atoms with van der Waals surface area (Å²) in [6.45, 7) is 4.52. The highest BCUT2D eigenvalue weighted by molar-refractivity contribution is 7.80. The Bertz CT molecular complexity index is 1330. The summed E-state index contributed by atoms with van der Waals surface area (Å²) >= 11 is 5.69. The molecule has 0 saturated carbocycles. The van der Waals surface area contributed by atoms with Crippen LogP contribution in [-0.4, -0.2) is 20.2 Å². The van der Waals surface area contributed by atoms with Gasteiger partial charge in [-0.3, -0.25) is 0 Å². The second-order valence-electron chi connectivity index (χ2n) is 8.07. The molecule has 1 aliphatic heterocycles. The highest BCUT2D eigenvalue weighted by atomic mass is 32.1. The van der Waals surface area contributed by atoms with E-state index in [1.165, 1.54) is 17.7 Å². The molecule has 172 valence electrons. The van der Waals surface area contributed by atoms with E-state index >= 15 is 0 Å². The van der Waals surface area contributed by atoms with E-state index in [4.69, 9.17) is 26.1 Å². The molecule has 0 amide bonds. The molecule has 2 aromatic carbocycles. The van der Waals surface area contributed by atoms with Crippen molar-refractivity contribution < 1.29 is 13.3 Å². The minimum absolute atomic E-state index is 0.306. The Morgan fingerprint density at radius 2 is 1.85 bits per heavy atom. The Balaban J connectivity index is 1.58. The summed E-state index contributed by atoms with van der Waals surface area (Å²) in [7, 11) is 0. The number of furan rings is 1. The van der Waals surface area contributed by atoms with Gasteiger partial charge in [-0.15, -0.1) is 0 Å². The number of nitrogens with zero attached hydrogens (tertiary/aromatic N) is 3. The van der Waals surface area contributed by atoms with Gasteiger partial charge in [-0.1, -0.05) is 48.5 Å². The Labute approximate surface area is 202 Å². The first-order chi connectivity index (χ1) is 16.5. The lowest BCUT2D eigenvalue weighted by atomic mass is 9.94. The number of thiocarbonyl (C=S) groups is 1. The van der Waals surface area contributed by atoms with Crippen molar-refractivity contribution in [1.29, 1.82) is 0 Å². The SMILES string of the molecule is CCc1ccc(-c2noc(C3=C(C)N(Cc4ccco4)C(=S)NC3c3ccc(F)cc3)n2)cc1. The van der Waals surface area contributed by atoms with Gasteiger partial charge in [0.15, 0.2) is 5.11 Å². The van der Waals surface area contributed by atoms with E-state index in [0.29, 0.717) is 23.4 Å². The van der Waals surface area contributed by atoms with Gasteiger partial charge in [0.2, 0.25) is 5.82 Å². The van der Waals surface area contributed by atoms with E-state index in [-0.39, 0.29) is 11.9 Å². The van der Waals surface area contributed by atoms with Crippen LogP contribution in [0.15, 0.2) is 81.6 Å². The molecule has 0 aliphatic carbocycles. The first-order valence-corrected chi connectivity index (χ1v) is 11.4. The second-order valence-corrected chi connectivity index (χ2v) is 8.46. The average molecular weight is 475 g/mol. The zero-order valence-electron chi connectivity index (χ0n) is 18.8. The van der Waals surface area contributed by atoms with Gasteiger partial charge in [0.1, 0.15) is 11.6 Å². The monoisotopic (exact) mass is 474 g/mol. The summed E-state index contributed by atoms with van der Waals surface area (Å²) in [5.41, 5.74) is 4.57. The van der Waals surface area contributed by atoms with E-state index in [2.05, 4.69) is 29.5 Å². The second kappa shape index (κ2) is 9.23. The summed E-state index contributed by atoms with van der Waals surface area (Å²) in [6.07, 6.45) is 2.59. The molecule has 4 aromatic rings. The van der Waals surface area contributed by atoms with Gasteiger partial charge in [0.25, 0.3) is 5.89 Å². The number of hydrogen-bond donors (Lipinski definition) is 1. The standard InChI is InChI=1S/C26H23FN4O2S/c1-3-17-6-8-19(9-7-17)24-29-25(33-30-24)22-16(2)31(15-21-5-4-14-32-21)26(34)28-23(22)18-10-12-20(27)13-11-18/h4-14,23H,3,15H2,1-2H3,(H,28,34). The maximum absolute atomic E-state index is 13.6. The average Bonchev–Trinajstić information content (AvgIpc) is 3.54. The number of rotatable bonds is 6. The van der Waals surface area contributed by atoms with Crippen molar-refractivity contribution in [2.45, 2.75) is 32.9 Å². The summed E-state index contributed by atoms with van der Waals surface area (Å²) < 4.78 is 24.9. The third kappa shape index (κ3) is 4.24. The summed E-state index contributed by atoms with van der Waals surface area (Å²) in [6, 6.07) is 17.8. The van der Waals surface area contributed by atoms with Crippen LogP contribution >= 0.6 is 12.2 Å². The number of aromatic nitrogens is 2.